The van der Waals surface area contributed by atoms with Crippen LogP contribution in [0.2, 0.25) is 0 Å². The van der Waals surface area contributed by atoms with E-state index in [1.54, 1.807) is 6.20 Å². The Hall–Kier alpha value is -1.42. The van der Waals surface area contributed by atoms with Gasteiger partial charge >= 0.3 is 5.97 Å². The number of carbonyl (C=O) groups is 1. The molecule has 2 rings (SSSR count). The first-order valence-electron chi connectivity index (χ1n) is 6.35. The fraction of sp³-hybridized carbons (Fsp3) is 0.571. The predicted octanol–water partition coefficient (Wildman–Crippen LogP) is 2.22. The van der Waals surface area contributed by atoms with E-state index >= 15 is 0 Å². The minimum atomic E-state index is -0.429. The Kier molecular flexibility index (Phi) is 3.66. The average Bonchev–Trinajstić information content (AvgIpc) is 2.77. The number of esters is 1. The van der Waals surface area contributed by atoms with Crippen LogP contribution in [0.4, 0.5) is 0 Å². The van der Waals surface area contributed by atoms with Crippen molar-refractivity contribution < 1.29 is 9.53 Å². The summed E-state index contributed by atoms with van der Waals surface area (Å²) in [5, 5.41) is 3.29. The molecule has 1 aromatic heterocycles. The Balaban J connectivity index is 1.95. The number of carbonyl (C=O) groups excluding carboxylic acids is 1. The van der Waals surface area contributed by atoms with Crippen molar-refractivity contribution in [3.8, 4) is 0 Å². The molecule has 0 unspecified atom stereocenters. The number of rotatable bonds is 2. The quantitative estimate of drug-likeness (QED) is 0.815. The lowest BCUT2D eigenvalue weighted by Gasteiger charge is -2.22. The SMILES string of the molecule is CC(C)(C)OC(=O)[C@H]1CC[C@@H](c2ccccn2)N1. The molecule has 0 aromatic carbocycles. The van der Waals surface area contributed by atoms with Gasteiger partial charge in [-0.3, -0.25) is 15.1 Å². The van der Waals surface area contributed by atoms with Crippen LogP contribution >= 0.6 is 0 Å². The van der Waals surface area contributed by atoms with Crippen LogP contribution in [-0.2, 0) is 9.53 Å². The van der Waals surface area contributed by atoms with Crippen LogP contribution in [0, 0.1) is 0 Å². The predicted molar refractivity (Wildman–Crippen MR) is 69.0 cm³/mol. The molecule has 1 N–H and O–H groups in total. The third kappa shape index (κ3) is 3.29. The molecule has 4 heteroatoms. The Morgan fingerprint density at radius 3 is 2.78 bits per heavy atom. The molecule has 0 radical (unpaired) electrons. The standard InChI is InChI=1S/C14H20N2O2/c1-14(2,3)18-13(17)12-8-7-11(16-12)10-6-4-5-9-15-10/h4-6,9,11-12,16H,7-8H2,1-3H3/t11-,12+/m0/s1. The van der Waals surface area contributed by atoms with Crippen LogP contribution in [0.5, 0.6) is 0 Å². The van der Waals surface area contributed by atoms with Crippen molar-refractivity contribution in [3.05, 3.63) is 30.1 Å². The number of nitrogens with one attached hydrogen (secondary N) is 1. The summed E-state index contributed by atoms with van der Waals surface area (Å²) < 4.78 is 5.38. The molecule has 0 spiro atoms. The third-order valence-corrected chi connectivity index (χ3v) is 2.88. The maximum atomic E-state index is 11.9. The zero-order valence-corrected chi connectivity index (χ0v) is 11.1. The highest BCUT2D eigenvalue weighted by Gasteiger charge is 2.33. The minimum absolute atomic E-state index is 0.156. The number of pyridine rings is 1. The van der Waals surface area contributed by atoms with E-state index in [1.165, 1.54) is 0 Å². The van der Waals surface area contributed by atoms with E-state index in [2.05, 4.69) is 10.3 Å². The van der Waals surface area contributed by atoms with Gasteiger partial charge in [-0.2, -0.15) is 0 Å². The van der Waals surface area contributed by atoms with Crippen molar-refractivity contribution in [2.75, 3.05) is 0 Å². The van der Waals surface area contributed by atoms with Crippen LogP contribution in [-0.4, -0.2) is 22.6 Å². The third-order valence-electron chi connectivity index (χ3n) is 2.88. The van der Waals surface area contributed by atoms with Gasteiger partial charge in [0.1, 0.15) is 11.6 Å². The number of hydrogen-bond acceptors (Lipinski definition) is 4. The van der Waals surface area contributed by atoms with E-state index in [1.807, 2.05) is 39.0 Å². The highest BCUT2D eigenvalue weighted by Crippen LogP contribution is 2.26. The molecule has 18 heavy (non-hydrogen) atoms. The molecule has 98 valence electrons. The first-order valence-corrected chi connectivity index (χ1v) is 6.35. The summed E-state index contributed by atoms with van der Waals surface area (Å²) in [6.07, 6.45) is 3.49. The Bertz CT molecular complexity index is 412. The summed E-state index contributed by atoms with van der Waals surface area (Å²) in [4.78, 5) is 16.2. The molecule has 1 saturated heterocycles. The second kappa shape index (κ2) is 5.06. The zero-order chi connectivity index (χ0) is 13.2. The number of nitrogens with zero attached hydrogens (tertiary/aromatic N) is 1. The van der Waals surface area contributed by atoms with Crippen LogP contribution in [0.25, 0.3) is 0 Å². The Morgan fingerprint density at radius 2 is 2.17 bits per heavy atom. The number of hydrogen-bond donors (Lipinski definition) is 1. The molecule has 1 aliphatic rings. The lowest BCUT2D eigenvalue weighted by molar-refractivity contribution is -0.157. The minimum Gasteiger partial charge on any atom is -0.459 e. The molecule has 2 heterocycles. The molecule has 4 nitrogen and oxygen atoms in total. The first kappa shape index (κ1) is 13.0. The van der Waals surface area contributed by atoms with E-state index in [0.29, 0.717) is 0 Å². The summed E-state index contributed by atoms with van der Waals surface area (Å²) in [7, 11) is 0. The van der Waals surface area contributed by atoms with Gasteiger partial charge in [-0.1, -0.05) is 6.07 Å². The van der Waals surface area contributed by atoms with E-state index in [9.17, 15) is 4.79 Å². The molecule has 0 aliphatic carbocycles. The summed E-state index contributed by atoms with van der Waals surface area (Å²) in [6.45, 7) is 5.66. The number of ether oxygens (including phenoxy) is 1. The smallest absolute Gasteiger partial charge is 0.323 e. The second-order valence-corrected chi connectivity index (χ2v) is 5.64. The summed E-state index contributed by atoms with van der Waals surface area (Å²) >= 11 is 0. The van der Waals surface area contributed by atoms with Gasteiger partial charge in [-0.25, -0.2) is 0 Å². The maximum absolute atomic E-state index is 11.9. The molecule has 0 saturated carbocycles. The Morgan fingerprint density at radius 1 is 1.39 bits per heavy atom. The van der Waals surface area contributed by atoms with E-state index in [4.69, 9.17) is 4.74 Å². The molecular weight excluding hydrogens is 228 g/mol. The van der Waals surface area contributed by atoms with Gasteiger partial charge in [0.2, 0.25) is 0 Å². The normalized spacial score (nSPS) is 23.9. The zero-order valence-electron chi connectivity index (χ0n) is 11.1. The number of aromatic nitrogens is 1. The van der Waals surface area contributed by atoms with Gasteiger partial charge in [-0.15, -0.1) is 0 Å². The maximum Gasteiger partial charge on any atom is 0.323 e. The molecule has 1 aromatic rings. The molecule has 1 aliphatic heterocycles. The summed E-state index contributed by atoms with van der Waals surface area (Å²) in [5.41, 5.74) is 0.561. The van der Waals surface area contributed by atoms with Gasteiger partial charge in [-0.05, 0) is 45.7 Å². The molecule has 2 atom stereocenters. The van der Waals surface area contributed by atoms with Crippen LogP contribution in [0.1, 0.15) is 45.3 Å². The van der Waals surface area contributed by atoms with E-state index in [-0.39, 0.29) is 18.1 Å². The van der Waals surface area contributed by atoms with Gasteiger partial charge < -0.3 is 4.74 Å². The lowest BCUT2D eigenvalue weighted by atomic mass is 10.1. The fourth-order valence-corrected chi connectivity index (χ4v) is 2.12. The summed E-state index contributed by atoms with van der Waals surface area (Å²) in [6, 6.07) is 5.78. The molecule has 0 bridgehead atoms. The lowest BCUT2D eigenvalue weighted by Crippen LogP contribution is -2.38. The molecular formula is C14H20N2O2. The van der Waals surface area contributed by atoms with Crippen molar-refractivity contribution >= 4 is 5.97 Å². The Labute approximate surface area is 108 Å². The van der Waals surface area contributed by atoms with E-state index in [0.717, 1.165) is 18.5 Å². The van der Waals surface area contributed by atoms with Gasteiger partial charge in [0.25, 0.3) is 0 Å². The van der Waals surface area contributed by atoms with Crippen molar-refractivity contribution in [1.29, 1.82) is 0 Å². The van der Waals surface area contributed by atoms with Gasteiger partial charge in [0.05, 0.1) is 11.7 Å². The van der Waals surface area contributed by atoms with Crippen molar-refractivity contribution in [2.24, 2.45) is 0 Å². The average molecular weight is 248 g/mol. The van der Waals surface area contributed by atoms with Crippen molar-refractivity contribution in [2.45, 2.75) is 51.3 Å². The van der Waals surface area contributed by atoms with Crippen LogP contribution < -0.4 is 5.32 Å². The van der Waals surface area contributed by atoms with Crippen LogP contribution in [0.3, 0.4) is 0 Å². The highest BCUT2D eigenvalue weighted by atomic mass is 16.6. The highest BCUT2D eigenvalue weighted by molar-refractivity contribution is 5.76. The van der Waals surface area contributed by atoms with E-state index < -0.39 is 5.60 Å². The fourth-order valence-electron chi connectivity index (χ4n) is 2.12. The first-order chi connectivity index (χ1) is 8.46. The monoisotopic (exact) mass is 248 g/mol. The molecule has 0 amide bonds. The second-order valence-electron chi connectivity index (χ2n) is 5.64. The summed E-state index contributed by atoms with van der Waals surface area (Å²) in [5.74, 6) is -0.166. The van der Waals surface area contributed by atoms with Crippen molar-refractivity contribution in [1.82, 2.24) is 10.3 Å². The molecule has 1 fully saturated rings. The van der Waals surface area contributed by atoms with Gasteiger partial charge in [0, 0.05) is 6.20 Å². The van der Waals surface area contributed by atoms with Crippen molar-refractivity contribution in [3.63, 3.8) is 0 Å². The van der Waals surface area contributed by atoms with Crippen LogP contribution in [0.15, 0.2) is 24.4 Å². The topological polar surface area (TPSA) is 51.2 Å². The largest absolute Gasteiger partial charge is 0.459 e. The van der Waals surface area contributed by atoms with Gasteiger partial charge in [0.15, 0.2) is 0 Å².